The topological polar surface area (TPSA) is 91.1 Å². The van der Waals surface area contributed by atoms with E-state index < -0.39 is 5.60 Å². The van der Waals surface area contributed by atoms with E-state index in [4.69, 9.17) is 4.52 Å². The number of aliphatic hydroxyl groups is 1. The fourth-order valence-electron chi connectivity index (χ4n) is 3.36. The fraction of sp³-hybridized carbons (Fsp3) is 0.389. The van der Waals surface area contributed by atoms with Crippen molar-refractivity contribution in [2.45, 2.75) is 31.9 Å². The first-order valence-electron chi connectivity index (χ1n) is 8.46. The molecule has 7 nitrogen and oxygen atoms in total. The summed E-state index contributed by atoms with van der Waals surface area (Å²) in [6, 6.07) is 10.2. The fourth-order valence-corrected chi connectivity index (χ4v) is 3.36. The Balaban J connectivity index is 1.46. The molecule has 1 saturated heterocycles. The van der Waals surface area contributed by atoms with E-state index in [2.05, 4.69) is 44.5 Å². The first-order valence-corrected chi connectivity index (χ1v) is 8.46. The number of hydrogen-bond acceptors (Lipinski definition) is 6. The van der Waals surface area contributed by atoms with E-state index in [1.54, 1.807) is 6.20 Å². The Bertz CT molecular complexity index is 828. The molecule has 0 spiro atoms. The van der Waals surface area contributed by atoms with Gasteiger partial charge in [-0.2, -0.15) is 15.4 Å². The van der Waals surface area contributed by atoms with Crippen LogP contribution in [-0.2, 0) is 12.1 Å². The van der Waals surface area contributed by atoms with Crippen molar-refractivity contribution in [3.05, 3.63) is 53.5 Å². The number of benzene rings is 1. The molecular weight excluding hydrogens is 318 g/mol. The summed E-state index contributed by atoms with van der Waals surface area (Å²) in [5, 5.41) is 25.5. The predicted molar refractivity (Wildman–Crippen MR) is 91.5 cm³/mol. The van der Waals surface area contributed by atoms with Crippen LogP contribution in [0.15, 0.2) is 41.1 Å². The summed E-state index contributed by atoms with van der Waals surface area (Å²) in [5.74, 6) is 0.792. The van der Waals surface area contributed by atoms with Crippen LogP contribution in [0, 0.1) is 6.92 Å². The number of nitrogens with one attached hydrogen (secondary N) is 1. The van der Waals surface area contributed by atoms with E-state index in [1.807, 2.05) is 18.2 Å². The molecule has 25 heavy (non-hydrogen) atoms. The third-order valence-electron chi connectivity index (χ3n) is 4.73. The first kappa shape index (κ1) is 16.0. The van der Waals surface area contributed by atoms with Gasteiger partial charge in [0.1, 0.15) is 17.0 Å². The number of aromatic nitrogens is 4. The Kier molecular flexibility index (Phi) is 4.10. The molecule has 2 N–H and O–H groups in total. The number of hydrogen-bond donors (Lipinski definition) is 2. The second-order valence-corrected chi connectivity index (χ2v) is 6.75. The van der Waals surface area contributed by atoms with Crippen molar-refractivity contribution in [3.63, 3.8) is 0 Å². The lowest BCUT2D eigenvalue weighted by atomic mass is 9.90. The number of rotatable bonds is 4. The Morgan fingerprint density at radius 3 is 2.92 bits per heavy atom. The monoisotopic (exact) mass is 339 g/mol. The summed E-state index contributed by atoms with van der Waals surface area (Å²) in [7, 11) is 0. The number of piperidine rings is 1. The summed E-state index contributed by atoms with van der Waals surface area (Å²) >= 11 is 0. The van der Waals surface area contributed by atoms with Crippen LogP contribution in [-0.4, -0.2) is 43.7 Å². The van der Waals surface area contributed by atoms with E-state index in [0.717, 1.165) is 30.0 Å². The highest BCUT2D eigenvalue weighted by Gasteiger charge is 2.37. The van der Waals surface area contributed by atoms with Gasteiger partial charge in [-0.05, 0) is 26.3 Å². The van der Waals surface area contributed by atoms with Crippen molar-refractivity contribution in [2.75, 3.05) is 13.1 Å². The minimum absolute atomic E-state index is 0.500. The normalized spacial score (nSPS) is 21.5. The van der Waals surface area contributed by atoms with Gasteiger partial charge in [0, 0.05) is 18.2 Å². The zero-order valence-electron chi connectivity index (χ0n) is 14.1. The van der Waals surface area contributed by atoms with Crippen LogP contribution in [0.1, 0.15) is 29.9 Å². The molecule has 2 aromatic heterocycles. The maximum Gasteiger partial charge on any atom is 0.151 e. The second-order valence-electron chi connectivity index (χ2n) is 6.75. The zero-order chi connectivity index (χ0) is 17.3. The quantitative estimate of drug-likeness (QED) is 0.757. The van der Waals surface area contributed by atoms with Crippen molar-refractivity contribution in [1.82, 2.24) is 25.5 Å². The molecule has 1 aromatic carbocycles. The molecule has 1 atom stereocenters. The lowest BCUT2D eigenvalue weighted by Crippen LogP contribution is -2.45. The molecule has 3 aromatic rings. The molecule has 0 amide bonds. The van der Waals surface area contributed by atoms with Gasteiger partial charge in [-0.1, -0.05) is 35.0 Å². The van der Waals surface area contributed by atoms with Crippen LogP contribution < -0.4 is 0 Å². The number of aryl methyl sites for hydroxylation is 1. The number of nitrogens with zero attached hydrogens (tertiary/aromatic N) is 4. The maximum atomic E-state index is 10.9. The number of β-amino-alcohol motifs (C(OH)–C–C–N with tert-alkyl or cyclic N) is 1. The van der Waals surface area contributed by atoms with E-state index >= 15 is 0 Å². The van der Waals surface area contributed by atoms with Crippen molar-refractivity contribution >= 4 is 0 Å². The number of likely N-dealkylation sites (tertiary alicyclic amines) is 1. The summed E-state index contributed by atoms with van der Waals surface area (Å²) < 4.78 is 5.50. The molecule has 7 heteroatoms. The van der Waals surface area contributed by atoms with Gasteiger partial charge in [-0.25, -0.2) is 0 Å². The largest absolute Gasteiger partial charge is 0.382 e. The Morgan fingerprint density at radius 2 is 2.16 bits per heavy atom. The van der Waals surface area contributed by atoms with Crippen LogP contribution >= 0.6 is 0 Å². The molecule has 0 aliphatic carbocycles. The van der Waals surface area contributed by atoms with E-state index in [-0.39, 0.29) is 0 Å². The highest BCUT2D eigenvalue weighted by Crippen LogP contribution is 2.30. The third kappa shape index (κ3) is 3.33. The molecule has 1 aliphatic heterocycles. The molecule has 0 bridgehead atoms. The van der Waals surface area contributed by atoms with E-state index in [9.17, 15) is 5.11 Å². The van der Waals surface area contributed by atoms with Crippen molar-refractivity contribution in [3.8, 4) is 11.3 Å². The standard InChI is InChI=1S/C18H21N5O2/c1-13-3-5-14(6-4-13)16-9-15(25-21-16)11-23-8-2-7-18(24,12-23)17-10-19-22-20-17/h3-6,9-10,24H,2,7-8,11-12H2,1H3,(H,19,20,22). The molecular formula is C18H21N5O2. The number of H-pyrrole nitrogens is 1. The Hall–Kier alpha value is -2.51. The van der Waals surface area contributed by atoms with Gasteiger partial charge in [0.05, 0.1) is 12.7 Å². The first-order chi connectivity index (χ1) is 12.1. The van der Waals surface area contributed by atoms with Crippen molar-refractivity contribution in [1.29, 1.82) is 0 Å². The molecule has 3 heterocycles. The van der Waals surface area contributed by atoms with Gasteiger partial charge in [0.25, 0.3) is 0 Å². The van der Waals surface area contributed by atoms with E-state index in [0.29, 0.717) is 25.2 Å². The average molecular weight is 339 g/mol. The molecule has 1 unspecified atom stereocenters. The van der Waals surface area contributed by atoms with Crippen LogP contribution in [0.25, 0.3) is 11.3 Å². The number of aromatic amines is 1. The molecule has 4 rings (SSSR count). The molecule has 130 valence electrons. The Morgan fingerprint density at radius 1 is 1.32 bits per heavy atom. The van der Waals surface area contributed by atoms with E-state index in [1.165, 1.54) is 5.56 Å². The average Bonchev–Trinajstić information content (AvgIpc) is 3.28. The second kappa shape index (κ2) is 6.42. The Labute approximate surface area is 145 Å². The highest BCUT2D eigenvalue weighted by molar-refractivity contribution is 5.59. The molecule has 0 saturated carbocycles. The summed E-state index contributed by atoms with van der Waals surface area (Å²) in [4.78, 5) is 2.16. The summed E-state index contributed by atoms with van der Waals surface area (Å²) in [5.41, 5.74) is 2.71. The minimum atomic E-state index is -0.967. The predicted octanol–water partition coefficient (Wildman–Crippen LogP) is 2.25. The lowest BCUT2D eigenvalue weighted by molar-refractivity contribution is -0.0432. The van der Waals surface area contributed by atoms with Gasteiger partial charge in [-0.15, -0.1) is 0 Å². The third-order valence-corrected chi connectivity index (χ3v) is 4.73. The smallest absolute Gasteiger partial charge is 0.151 e. The van der Waals surface area contributed by atoms with Crippen molar-refractivity contribution < 1.29 is 9.63 Å². The lowest BCUT2D eigenvalue weighted by Gasteiger charge is -2.37. The van der Waals surface area contributed by atoms with Gasteiger partial charge < -0.3 is 9.63 Å². The van der Waals surface area contributed by atoms with Crippen LogP contribution in [0.2, 0.25) is 0 Å². The van der Waals surface area contributed by atoms with Gasteiger partial charge in [0.15, 0.2) is 5.76 Å². The molecule has 1 aliphatic rings. The molecule has 1 fully saturated rings. The van der Waals surface area contributed by atoms with Crippen molar-refractivity contribution in [2.24, 2.45) is 0 Å². The van der Waals surface area contributed by atoms with Crippen LogP contribution in [0.5, 0.6) is 0 Å². The van der Waals surface area contributed by atoms with Gasteiger partial charge in [-0.3, -0.25) is 4.90 Å². The molecule has 0 radical (unpaired) electrons. The minimum Gasteiger partial charge on any atom is -0.382 e. The summed E-state index contributed by atoms with van der Waals surface area (Å²) in [6.07, 6.45) is 3.16. The zero-order valence-corrected chi connectivity index (χ0v) is 14.1. The van der Waals surface area contributed by atoms with Gasteiger partial charge >= 0.3 is 0 Å². The SMILES string of the molecule is Cc1ccc(-c2cc(CN3CCCC(O)(c4cn[nH]n4)C3)on2)cc1. The van der Waals surface area contributed by atoms with Crippen LogP contribution in [0.4, 0.5) is 0 Å². The van der Waals surface area contributed by atoms with Gasteiger partial charge in [0.2, 0.25) is 0 Å². The van der Waals surface area contributed by atoms with Crippen LogP contribution in [0.3, 0.4) is 0 Å². The highest BCUT2D eigenvalue weighted by atomic mass is 16.5. The maximum absolute atomic E-state index is 10.9. The summed E-state index contributed by atoms with van der Waals surface area (Å²) in [6.45, 7) is 4.07.